The fourth-order valence-electron chi connectivity index (χ4n) is 1.97. The lowest BCUT2D eigenvalue weighted by Gasteiger charge is -2.18. The summed E-state index contributed by atoms with van der Waals surface area (Å²) >= 11 is 7.61. The molecule has 2 atom stereocenters. The maximum Gasteiger partial charge on any atom is 0.0539 e. The van der Waals surface area contributed by atoms with Crippen molar-refractivity contribution in [2.45, 2.75) is 25.8 Å². The van der Waals surface area contributed by atoms with Gasteiger partial charge < -0.3 is 11.1 Å². The topological polar surface area (TPSA) is 38.0 Å². The smallest absolute Gasteiger partial charge is 0.0539 e. The fraction of sp³-hybridized carbons (Fsp3) is 0.667. The highest BCUT2D eigenvalue weighted by Gasteiger charge is 2.28. The average molecular weight is 259 g/mol. The van der Waals surface area contributed by atoms with Crippen LogP contribution in [-0.2, 0) is 0 Å². The summed E-state index contributed by atoms with van der Waals surface area (Å²) in [5.74, 6) is 1.71. The van der Waals surface area contributed by atoms with Gasteiger partial charge in [0.2, 0.25) is 0 Å². The molecule has 1 aromatic rings. The first-order chi connectivity index (χ1) is 7.70. The largest absolute Gasteiger partial charge is 0.329 e. The average Bonchev–Trinajstić information content (AvgIpc) is 3.03. The lowest BCUT2D eigenvalue weighted by Crippen LogP contribution is -2.31. The molecule has 0 spiro atoms. The summed E-state index contributed by atoms with van der Waals surface area (Å²) in [7, 11) is 0. The molecular weight excluding hydrogens is 240 g/mol. The van der Waals surface area contributed by atoms with Crippen molar-refractivity contribution < 1.29 is 0 Å². The molecule has 2 nitrogen and oxygen atoms in total. The van der Waals surface area contributed by atoms with E-state index in [1.807, 2.05) is 11.4 Å². The molecule has 3 N–H and O–H groups in total. The van der Waals surface area contributed by atoms with Crippen molar-refractivity contribution in [3.05, 3.63) is 21.3 Å². The van der Waals surface area contributed by atoms with Crippen molar-refractivity contribution >= 4 is 22.9 Å². The zero-order valence-corrected chi connectivity index (χ0v) is 11.2. The molecule has 90 valence electrons. The van der Waals surface area contributed by atoms with Gasteiger partial charge in [0.05, 0.1) is 11.1 Å². The molecule has 1 aliphatic rings. The summed E-state index contributed by atoms with van der Waals surface area (Å²) in [5.41, 5.74) is 5.79. The van der Waals surface area contributed by atoms with Gasteiger partial charge in [-0.15, -0.1) is 11.3 Å². The van der Waals surface area contributed by atoms with Crippen molar-refractivity contribution in [1.82, 2.24) is 5.32 Å². The van der Waals surface area contributed by atoms with Gasteiger partial charge in [-0.2, -0.15) is 0 Å². The third-order valence-corrected chi connectivity index (χ3v) is 4.67. The van der Waals surface area contributed by atoms with E-state index in [0.29, 0.717) is 6.54 Å². The van der Waals surface area contributed by atoms with Crippen LogP contribution in [0.5, 0.6) is 0 Å². The van der Waals surface area contributed by atoms with Crippen LogP contribution in [0.25, 0.3) is 0 Å². The van der Waals surface area contributed by atoms with E-state index in [-0.39, 0.29) is 6.04 Å². The number of thiophene rings is 1. The predicted octanol–water partition coefficient (Wildman–Crippen LogP) is 3.04. The molecule has 1 saturated carbocycles. The van der Waals surface area contributed by atoms with Gasteiger partial charge in [0, 0.05) is 16.8 Å². The molecule has 1 heterocycles. The van der Waals surface area contributed by atoms with Crippen molar-refractivity contribution in [3.8, 4) is 0 Å². The quantitative estimate of drug-likeness (QED) is 0.823. The van der Waals surface area contributed by atoms with Crippen LogP contribution in [0.3, 0.4) is 0 Å². The second-order valence-corrected chi connectivity index (χ2v) is 6.06. The monoisotopic (exact) mass is 258 g/mol. The Morgan fingerprint density at radius 1 is 1.62 bits per heavy atom. The third-order valence-electron chi connectivity index (χ3n) is 3.28. The van der Waals surface area contributed by atoms with E-state index < -0.39 is 0 Å². The van der Waals surface area contributed by atoms with Gasteiger partial charge in [0.25, 0.3) is 0 Å². The van der Waals surface area contributed by atoms with Crippen molar-refractivity contribution in [1.29, 1.82) is 0 Å². The van der Waals surface area contributed by atoms with Crippen LogP contribution in [0.15, 0.2) is 11.4 Å². The van der Waals surface area contributed by atoms with Crippen LogP contribution in [0.1, 0.15) is 30.7 Å². The van der Waals surface area contributed by atoms with Crippen LogP contribution in [0, 0.1) is 11.8 Å². The van der Waals surface area contributed by atoms with Gasteiger partial charge in [-0.25, -0.2) is 0 Å². The maximum atomic E-state index is 5.93. The maximum absolute atomic E-state index is 5.93. The Morgan fingerprint density at radius 2 is 2.38 bits per heavy atom. The first kappa shape index (κ1) is 12.4. The molecule has 1 aliphatic carbocycles. The lowest BCUT2D eigenvalue weighted by atomic mass is 10.1. The third kappa shape index (κ3) is 3.20. The molecule has 0 amide bonds. The minimum atomic E-state index is 0.263. The molecule has 1 fully saturated rings. The molecule has 0 saturated heterocycles. The second-order valence-electron chi connectivity index (χ2n) is 4.68. The number of halogens is 1. The van der Waals surface area contributed by atoms with Crippen molar-refractivity contribution in [2.24, 2.45) is 17.6 Å². The number of nitrogens with one attached hydrogen (secondary N) is 1. The van der Waals surface area contributed by atoms with Crippen molar-refractivity contribution in [2.75, 3.05) is 13.1 Å². The molecule has 0 aliphatic heterocycles. The predicted molar refractivity (Wildman–Crippen MR) is 71.0 cm³/mol. The zero-order chi connectivity index (χ0) is 11.5. The summed E-state index contributed by atoms with van der Waals surface area (Å²) in [6, 6.07) is 2.28. The minimum Gasteiger partial charge on any atom is -0.329 e. The molecule has 2 rings (SSSR count). The van der Waals surface area contributed by atoms with Gasteiger partial charge in [0.1, 0.15) is 0 Å². The van der Waals surface area contributed by atoms with Gasteiger partial charge in [-0.1, -0.05) is 18.5 Å². The molecule has 4 heteroatoms. The van der Waals surface area contributed by atoms with Crippen LogP contribution in [-0.4, -0.2) is 13.1 Å². The standard InChI is InChI=1S/C12H19ClN2S/c1-8(9-2-3-9)6-15-11(5-14)12-4-10(13)7-16-12/h4,7-9,11,15H,2-3,5-6,14H2,1H3. The summed E-state index contributed by atoms with van der Waals surface area (Å²) < 4.78 is 0. The molecule has 0 aromatic carbocycles. The summed E-state index contributed by atoms with van der Waals surface area (Å²) in [6.45, 7) is 4.01. The Morgan fingerprint density at radius 3 is 2.88 bits per heavy atom. The zero-order valence-electron chi connectivity index (χ0n) is 9.58. The molecular formula is C12H19ClN2S. The van der Waals surface area contributed by atoms with Crippen LogP contribution in [0.4, 0.5) is 0 Å². The Hall–Kier alpha value is -0.0900. The molecule has 1 aromatic heterocycles. The number of nitrogens with two attached hydrogens (primary N) is 1. The highest BCUT2D eigenvalue weighted by molar-refractivity contribution is 7.10. The van der Waals surface area contributed by atoms with Crippen LogP contribution >= 0.6 is 22.9 Å². The van der Waals surface area contributed by atoms with E-state index in [4.69, 9.17) is 17.3 Å². The first-order valence-electron chi connectivity index (χ1n) is 5.88. The lowest BCUT2D eigenvalue weighted by molar-refractivity contribution is 0.425. The Labute approximate surface area is 106 Å². The number of rotatable bonds is 6. The Kier molecular flexibility index (Phi) is 4.25. The van der Waals surface area contributed by atoms with E-state index >= 15 is 0 Å². The highest BCUT2D eigenvalue weighted by atomic mass is 35.5. The van der Waals surface area contributed by atoms with E-state index in [1.54, 1.807) is 11.3 Å². The molecule has 0 bridgehead atoms. The van der Waals surface area contributed by atoms with Gasteiger partial charge in [0.15, 0.2) is 0 Å². The summed E-state index contributed by atoms with van der Waals surface area (Å²) in [6.07, 6.45) is 2.81. The van der Waals surface area contributed by atoms with Crippen molar-refractivity contribution in [3.63, 3.8) is 0 Å². The summed E-state index contributed by atoms with van der Waals surface area (Å²) in [4.78, 5) is 1.25. The molecule has 0 radical (unpaired) electrons. The van der Waals surface area contributed by atoms with Gasteiger partial charge in [-0.3, -0.25) is 0 Å². The first-order valence-corrected chi connectivity index (χ1v) is 7.14. The molecule has 2 unspecified atom stereocenters. The van der Waals surface area contributed by atoms with Crippen LogP contribution < -0.4 is 11.1 Å². The van der Waals surface area contributed by atoms with E-state index in [2.05, 4.69) is 12.2 Å². The minimum absolute atomic E-state index is 0.263. The Bertz CT molecular complexity index is 336. The normalized spacial score (nSPS) is 19.7. The van der Waals surface area contributed by atoms with E-state index in [0.717, 1.165) is 23.4 Å². The second kappa shape index (κ2) is 5.50. The fourth-order valence-corrected chi connectivity index (χ4v) is 3.14. The Balaban J connectivity index is 1.85. The van der Waals surface area contributed by atoms with Gasteiger partial charge >= 0.3 is 0 Å². The number of hydrogen-bond acceptors (Lipinski definition) is 3. The van der Waals surface area contributed by atoms with E-state index in [9.17, 15) is 0 Å². The van der Waals surface area contributed by atoms with E-state index in [1.165, 1.54) is 17.7 Å². The highest BCUT2D eigenvalue weighted by Crippen LogP contribution is 2.36. The van der Waals surface area contributed by atoms with Crippen LogP contribution in [0.2, 0.25) is 5.02 Å². The SMILES string of the molecule is CC(CNC(CN)c1cc(Cl)cs1)C1CC1. The molecule has 16 heavy (non-hydrogen) atoms. The number of hydrogen-bond donors (Lipinski definition) is 2. The summed E-state index contributed by atoms with van der Waals surface area (Å²) in [5, 5.41) is 6.33. The van der Waals surface area contributed by atoms with Gasteiger partial charge in [-0.05, 0) is 37.3 Å².